The number of carbonyl (C=O) groups excluding carboxylic acids is 1. The second-order valence-corrected chi connectivity index (χ2v) is 6.95. The van der Waals surface area contributed by atoms with Crippen molar-refractivity contribution in [2.24, 2.45) is 0 Å². The fourth-order valence-corrected chi connectivity index (χ4v) is 2.68. The van der Waals surface area contributed by atoms with E-state index in [9.17, 15) is 9.18 Å². The number of aliphatic hydroxyl groups is 1. The van der Waals surface area contributed by atoms with E-state index >= 15 is 0 Å². The third-order valence-corrected chi connectivity index (χ3v) is 4.05. The largest absolute Gasteiger partial charge is 0.462 e. The van der Waals surface area contributed by atoms with Crippen LogP contribution < -0.4 is 5.32 Å². The predicted molar refractivity (Wildman–Crippen MR) is 79.8 cm³/mol. The molecular formula is C14H23FN2O3S. The molecule has 0 saturated carbocycles. The number of hydrogen-bond donors (Lipinski definition) is 2. The number of thiazole rings is 1. The van der Waals surface area contributed by atoms with Crippen LogP contribution in [0.5, 0.6) is 0 Å². The van der Waals surface area contributed by atoms with Crippen molar-refractivity contribution < 1.29 is 19.0 Å². The Morgan fingerprint density at radius 1 is 1.52 bits per heavy atom. The highest BCUT2D eigenvalue weighted by molar-refractivity contribution is 7.11. The molecule has 120 valence electrons. The quantitative estimate of drug-likeness (QED) is 0.836. The minimum Gasteiger partial charge on any atom is -0.462 e. The summed E-state index contributed by atoms with van der Waals surface area (Å²) in [5, 5.41) is 12.5. The van der Waals surface area contributed by atoms with Gasteiger partial charge in [-0.1, -0.05) is 0 Å². The van der Waals surface area contributed by atoms with Gasteiger partial charge < -0.3 is 15.2 Å². The number of nitrogens with zero attached hydrogens (tertiary/aromatic N) is 1. The highest BCUT2D eigenvalue weighted by atomic mass is 32.1. The van der Waals surface area contributed by atoms with Gasteiger partial charge in [0.2, 0.25) is 0 Å². The standard InChI is InChI=1S/C9H13FN2OS.C5H10O2/c10-9(1-3-11-4-2-9)8-12-5-7(6-13)14-8;1-5(2,3)7-4-6/h5,11,13H,1-4,6H2;4H,1-3H3. The summed E-state index contributed by atoms with van der Waals surface area (Å²) in [4.78, 5) is 14.4. The van der Waals surface area contributed by atoms with E-state index in [4.69, 9.17) is 5.11 Å². The molecule has 2 N–H and O–H groups in total. The first-order valence-electron chi connectivity index (χ1n) is 6.88. The third kappa shape index (κ3) is 6.07. The van der Waals surface area contributed by atoms with Crippen LogP contribution in [0.3, 0.4) is 0 Å². The summed E-state index contributed by atoms with van der Waals surface area (Å²) in [6, 6.07) is 0. The summed E-state index contributed by atoms with van der Waals surface area (Å²) in [6.07, 6.45) is 2.51. The van der Waals surface area contributed by atoms with Crippen molar-refractivity contribution in [1.82, 2.24) is 10.3 Å². The van der Waals surface area contributed by atoms with E-state index in [1.807, 2.05) is 20.8 Å². The summed E-state index contributed by atoms with van der Waals surface area (Å²) in [6.45, 7) is 7.27. The lowest BCUT2D eigenvalue weighted by Gasteiger charge is -2.27. The minimum absolute atomic E-state index is 0.0496. The molecule has 0 bridgehead atoms. The van der Waals surface area contributed by atoms with Gasteiger partial charge in [-0.15, -0.1) is 11.3 Å². The maximum atomic E-state index is 14.3. The first kappa shape index (κ1) is 18.0. The fraction of sp³-hybridized carbons (Fsp3) is 0.714. The van der Waals surface area contributed by atoms with E-state index in [1.165, 1.54) is 11.3 Å². The number of aliphatic hydroxyl groups excluding tert-OH is 1. The van der Waals surface area contributed by atoms with E-state index in [0.717, 1.165) is 4.88 Å². The molecule has 0 aliphatic carbocycles. The van der Waals surface area contributed by atoms with Gasteiger partial charge in [-0.2, -0.15) is 0 Å². The van der Waals surface area contributed by atoms with Gasteiger partial charge in [-0.3, -0.25) is 4.79 Å². The molecule has 1 aromatic heterocycles. The number of nitrogens with one attached hydrogen (secondary N) is 1. The van der Waals surface area contributed by atoms with Crippen LogP contribution >= 0.6 is 11.3 Å². The molecule has 0 radical (unpaired) electrons. The van der Waals surface area contributed by atoms with Crippen LogP contribution in [-0.4, -0.2) is 35.3 Å². The highest BCUT2D eigenvalue weighted by Crippen LogP contribution is 2.37. The first-order valence-corrected chi connectivity index (χ1v) is 7.69. The Bertz CT molecular complexity index is 440. The zero-order valence-electron chi connectivity index (χ0n) is 12.7. The lowest BCUT2D eigenvalue weighted by molar-refractivity contribution is -0.138. The molecule has 0 unspecified atom stereocenters. The van der Waals surface area contributed by atoms with Crippen molar-refractivity contribution in [3.05, 3.63) is 16.1 Å². The van der Waals surface area contributed by atoms with Crippen LogP contribution in [0.25, 0.3) is 0 Å². The molecule has 0 spiro atoms. The van der Waals surface area contributed by atoms with Gasteiger partial charge in [-0.25, -0.2) is 9.37 Å². The number of aromatic nitrogens is 1. The number of hydrogen-bond acceptors (Lipinski definition) is 6. The van der Waals surface area contributed by atoms with Crippen molar-refractivity contribution in [1.29, 1.82) is 0 Å². The normalized spacial score (nSPS) is 17.6. The zero-order valence-corrected chi connectivity index (χ0v) is 13.5. The summed E-state index contributed by atoms with van der Waals surface area (Å²) < 4.78 is 18.8. The van der Waals surface area contributed by atoms with Crippen LogP contribution in [0.4, 0.5) is 4.39 Å². The van der Waals surface area contributed by atoms with Crippen molar-refractivity contribution in [2.45, 2.75) is 51.5 Å². The number of alkyl halides is 1. The molecule has 5 nitrogen and oxygen atoms in total. The Hall–Kier alpha value is -1.05. The topological polar surface area (TPSA) is 71.5 Å². The van der Waals surface area contributed by atoms with Gasteiger partial charge in [0.15, 0.2) is 5.67 Å². The van der Waals surface area contributed by atoms with E-state index in [1.54, 1.807) is 6.20 Å². The molecule has 0 aromatic carbocycles. The molecule has 2 heterocycles. The van der Waals surface area contributed by atoms with Crippen molar-refractivity contribution in [2.75, 3.05) is 13.1 Å². The fourth-order valence-electron chi connectivity index (χ4n) is 1.77. The Morgan fingerprint density at radius 2 is 2.14 bits per heavy atom. The first-order chi connectivity index (χ1) is 9.80. The SMILES string of the molecule is CC(C)(C)OC=O.OCc1cnc(C2(F)CCNCC2)s1. The number of rotatable bonds is 3. The number of ether oxygens (including phenoxy) is 1. The maximum Gasteiger partial charge on any atom is 0.293 e. The Morgan fingerprint density at radius 3 is 2.52 bits per heavy atom. The molecule has 1 aliphatic rings. The average molecular weight is 318 g/mol. The molecule has 1 fully saturated rings. The molecular weight excluding hydrogens is 295 g/mol. The van der Waals surface area contributed by atoms with Crippen molar-refractivity contribution in [3.63, 3.8) is 0 Å². The smallest absolute Gasteiger partial charge is 0.293 e. The molecule has 0 atom stereocenters. The number of halogens is 1. The molecule has 21 heavy (non-hydrogen) atoms. The Kier molecular flexibility index (Phi) is 6.70. The van der Waals surface area contributed by atoms with Crippen LogP contribution in [0.1, 0.15) is 43.5 Å². The van der Waals surface area contributed by atoms with Crippen molar-refractivity contribution >= 4 is 17.8 Å². The summed E-state index contributed by atoms with van der Waals surface area (Å²) >= 11 is 1.27. The van der Waals surface area contributed by atoms with Gasteiger partial charge in [0, 0.05) is 19.0 Å². The Balaban J connectivity index is 0.000000270. The summed E-state index contributed by atoms with van der Waals surface area (Å²) in [7, 11) is 0. The minimum atomic E-state index is -1.27. The molecule has 1 aromatic rings. The van der Waals surface area contributed by atoms with Gasteiger partial charge in [0.25, 0.3) is 6.47 Å². The predicted octanol–water partition coefficient (Wildman–Crippen LogP) is 2.14. The van der Waals surface area contributed by atoms with Gasteiger partial charge in [0.1, 0.15) is 10.6 Å². The number of carbonyl (C=O) groups is 1. The second-order valence-electron chi connectivity index (χ2n) is 5.83. The van der Waals surface area contributed by atoms with Gasteiger partial charge in [0.05, 0.1) is 11.5 Å². The molecule has 7 heteroatoms. The highest BCUT2D eigenvalue weighted by Gasteiger charge is 2.36. The monoisotopic (exact) mass is 318 g/mol. The second kappa shape index (κ2) is 7.82. The molecule has 1 aliphatic heterocycles. The third-order valence-electron chi connectivity index (χ3n) is 2.89. The lowest BCUT2D eigenvalue weighted by atomic mass is 9.95. The van der Waals surface area contributed by atoms with Crippen LogP contribution in [0.2, 0.25) is 0 Å². The van der Waals surface area contributed by atoms with Crippen LogP contribution in [0.15, 0.2) is 6.20 Å². The molecule has 2 rings (SSSR count). The Labute approximate surface area is 128 Å². The summed E-state index contributed by atoms with van der Waals surface area (Å²) in [5.74, 6) is 0. The summed E-state index contributed by atoms with van der Waals surface area (Å²) in [5.41, 5.74) is -1.59. The van der Waals surface area contributed by atoms with Gasteiger partial charge >= 0.3 is 0 Å². The van der Waals surface area contributed by atoms with Crippen molar-refractivity contribution in [3.8, 4) is 0 Å². The molecule has 0 amide bonds. The zero-order chi connectivity index (χ0) is 15.9. The van der Waals surface area contributed by atoms with E-state index in [-0.39, 0.29) is 12.2 Å². The van der Waals surface area contributed by atoms with Crippen LogP contribution in [-0.2, 0) is 21.8 Å². The van der Waals surface area contributed by atoms with E-state index in [2.05, 4.69) is 15.0 Å². The lowest BCUT2D eigenvalue weighted by Crippen LogP contribution is -2.36. The van der Waals surface area contributed by atoms with Crippen LogP contribution in [0, 0.1) is 0 Å². The number of piperidine rings is 1. The molecule has 1 saturated heterocycles. The van der Waals surface area contributed by atoms with Gasteiger partial charge in [-0.05, 0) is 33.9 Å². The maximum absolute atomic E-state index is 14.3. The van der Waals surface area contributed by atoms with E-state index < -0.39 is 5.67 Å². The average Bonchev–Trinajstić information content (AvgIpc) is 2.88. The van der Waals surface area contributed by atoms with E-state index in [0.29, 0.717) is 37.4 Å².